The van der Waals surface area contributed by atoms with Crippen LogP contribution in [-0.2, 0) is 4.18 Å². The van der Waals surface area contributed by atoms with E-state index in [1.165, 1.54) is 0 Å². The Morgan fingerprint density at radius 2 is 2.60 bits per heavy atom. The minimum Gasteiger partial charge on any atom is -0.776 e. The van der Waals surface area contributed by atoms with E-state index in [0.717, 1.165) is 0 Å². The third kappa shape index (κ3) is 4.23. The highest BCUT2D eigenvalue weighted by Gasteiger charge is 1.59. The largest absolute Gasteiger partial charge is 0.776 e. The molecule has 0 rings (SSSR count). The molecule has 0 aliphatic rings. The van der Waals surface area contributed by atoms with Gasteiger partial charge in [0.1, 0.15) is 0 Å². The average Bonchev–Trinajstić information content (AvgIpc) is 1.41. The monoisotopic (exact) mass is 95.0 g/mol. The summed E-state index contributed by atoms with van der Waals surface area (Å²) in [6.07, 6.45) is 0. The summed E-state index contributed by atoms with van der Waals surface area (Å²) in [6.45, 7) is -0.506. The van der Waals surface area contributed by atoms with Crippen LogP contribution >= 0.6 is 12.3 Å². The maximum absolute atomic E-state index is 9.06. The van der Waals surface area contributed by atoms with Gasteiger partial charge in [0.2, 0.25) is 0 Å². The first-order chi connectivity index (χ1) is 2.41. The van der Waals surface area contributed by atoms with E-state index in [-0.39, 0.29) is 12.3 Å². The van der Waals surface area contributed by atoms with E-state index in [1.807, 2.05) is 0 Å². The van der Waals surface area contributed by atoms with Crippen molar-refractivity contribution in [1.82, 2.24) is 0 Å². The fourth-order valence-electron chi connectivity index (χ4n) is 0.0215. The van der Waals surface area contributed by atoms with Crippen molar-refractivity contribution in [1.29, 1.82) is 0 Å². The zero-order chi connectivity index (χ0) is 4.12. The van der Waals surface area contributed by atoms with Crippen molar-refractivity contribution in [3.8, 4) is 0 Å². The van der Waals surface area contributed by atoms with Crippen molar-refractivity contribution < 1.29 is 13.8 Å². The molecule has 0 amide bonds. The van der Waals surface area contributed by atoms with Crippen LogP contribution < -0.4 is 0 Å². The molecular weight excluding hydrogens is 92.1 g/mol. The summed E-state index contributed by atoms with van der Waals surface area (Å²) < 4.78 is 12.8. The molecule has 5 heavy (non-hydrogen) atoms. The Hall–Kier alpha value is 0.230. The molecule has 0 atom stereocenters. The molecule has 0 aromatic carbocycles. The van der Waals surface area contributed by atoms with Crippen LogP contribution in [0.2, 0.25) is 0 Å². The molecule has 0 aliphatic heterocycles. The first-order valence-electron chi connectivity index (χ1n) is 0.938. The van der Waals surface area contributed by atoms with Crippen LogP contribution in [-0.4, -0.2) is 16.5 Å². The van der Waals surface area contributed by atoms with Crippen LogP contribution in [0.3, 0.4) is 0 Å². The van der Waals surface area contributed by atoms with Crippen molar-refractivity contribution in [3.63, 3.8) is 0 Å². The van der Waals surface area contributed by atoms with Gasteiger partial charge in [-0.15, -0.1) is 0 Å². The van der Waals surface area contributed by atoms with E-state index < -0.39 is 6.79 Å². The van der Waals surface area contributed by atoms with Gasteiger partial charge in [0.15, 0.2) is 6.79 Å². The molecule has 0 bridgehead atoms. The summed E-state index contributed by atoms with van der Waals surface area (Å²) in [5.74, 6) is 0. The van der Waals surface area contributed by atoms with E-state index in [0.29, 0.717) is 0 Å². The molecular formula is CH3O3S-. The minimum absolute atomic E-state index is 0.0984. The lowest BCUT2D eigenvalue weighted by Crippen LogP contribution is -1.77. The van der Waals surface area contributed by atoms with Gasteiger partial charge in [-0.2, -0.15) is 0 Å². The van der Waals surface area contributed by atoms with Gasteiger partial charge in [0, 0.05) is 0 Å². The Morgan fingerprint density at radius 1 is 2.00 bits per heavy atom. The maximum atomic E-state index is 9.06. The molecule has 0 unspecified atom stereocenters. The fourth-order valence-corrected chi connectivity index (χ4v) is 0.0645. The fraction of sp³-hybridized carbons (Fsp3) is 1.00. The van der Waals surface area contributed by atoms with E-state index in [4.69, 9.17) is 9.66 Å². The van der Waals surface area contributed by atoms with Gasteiger partial charge in [-0.25, -0.2) is 0 Å². The molecule has 0 aromatic heterocycles. The first kappa shape index (κ1) is 5.23. The summed E-state index contributed by atoms with van der Waals surface area (Å²) >= 11 is -0.0984. The quantitative estimate of drug-likeness (QED) is 0.379. The molecule has 0 heterocycles. The summed E-state index contributed by atoms with van der Waals surface area (Å²) in [6, 6.07) is 0. The number of aliphatic hydroxyl groups is 1. The lowest BCUT2D eigenvalue weighted by atomic mass is 11.6. The Kier molecular flexibility index (Phi) is 4.42. The lowest BCUT2D eigenvalue weighted by molar-refractivity contribution is 0.112. The predicted octanol–water partition coefficient (Wildman–Crippen LogP) is -0.269. The van der Waals surface area contributed by atoms with Crippen LogP contribution in [0, 0.1) is 0 Å². The Bertz CT molecular complexity index is 14.4. The maximum Gasteiger partial charge on any atom is 0.155 e. The highest BCUT2D eigenvalue weighted by Crippen LogP contribution is 1.87. The van der Waals surface area contributed by atoms with Crippen molar-refractivity contribution >= 4 is 12.3 Å². The molecule has 32 valence electrons. The first-order valence-corrected chi connectivity index (χ1v) is 1.60. The lowest BCUT2D eigenvalue weighted by Gasteiger charge is -1.96. The number of hydrogen-bond donors (Lipinski definition) is 1. The molecule has 0 saturated carbocycles. The molecule has 0 fully saturated rings. The molecule has 3 nitrogen and oxygen atoms in total. The topological polar surface area (TPSA) is 52.5 Å². The van der Waals surface area contributed by atoms with Crippen molar-refractivity contribution in [2.75, 3.05) is 6.79 Å². The summed E-state index contributed by atoms with van der Waals surface area (Å²) in [7, 11) is 0. The minimum atomic E-state index is -0.506. The normalized spacial score (nSPS) is 8.40. The van der Waals surface area contributed by atoms with Crippen molar-refractivity contribution in [2.24, 2.45) is 0 Å². The van der Waals surface area contributed by atoms with Crippen molar-refractivity contribution in [2.45, 2.75) is 0 Å². The zero-order valence-electron chi connectivity index (χ0n) is 2.38. The van der Waals surface area contributed by atoms with Gasteiger partial charge < -0.3 is 13.8 Å². The molecule has 0 aromatic rings. The molecule has 0 saturated heterocycles. The Morgan fingerprint density at radius 3 is 2.60 bits per heavy atom. The van der Waals surface area contributed by atoms with Gasteiger partial charge in [0.05, 0.1) is 0 Å². The molecule has 0 radical (unpaired) electrons. The van der Waals surface area contributed by atoms with E-state index in [1.54, 1.807) is 0 Å². The Labute approximate surface area is 34.0 Å². The molecule has 0 spiro atoms. The average molecular weight is 95.1 g/mol. The summed E-state index contributed by atoms with van der Waals surface area (Å²) in [5.41, 5.74) is 0. The summed E-state index contributed by atoms with van der Waals surface area (Å²) in [5, 5.41) is 7.62. The van der Waals surface area contributed by atoms with Crippen LogP contribution in [0.5, 0.6) is 0 Å². The smallest absolute Gasteiger partial charge is 0.155 e. The van der Waals surface area contributed by atoms with Gasteiger partial charge in [-0.05, 0) is 0 Å². The molecule has 0 aliphatic carbocycles. The number of rotatable bonds is 2. The predicted molar refractivity (Wildman–Crippen MR) is 16.5 cm³/mol. The standard InChI is InChI=1S/CH4O3S/c2-1-4-5-3/h2-3H,1H2/p-1. The second-order valence-electron chi connectivity index (χ2n) is 0.315. The second-order valence-corrected chi connectivity index (χ2v) is 0.687. The third-order valence-electron chi connectivity index (χ3n) is 0.101. The molecule has 4 heteroatoms. The van der Waals surface area contributed by atoms with Crippen LogP contribution in [0.15, 0.2) is 0 Å². The number of aliphatic hydroxyl groups excluding tert-OH is 1. The highest BCUT2D eigenvalue weighted by molar-refractivity contribution is 7.88. The molecule has 1 N–H and O–H groups in total. The van der Waals surface area contributed by atoms with Crippen molar-refractivity contribution in [3.05, 3.63) is 0 Å². The Balaban J connectivity index is 2.19. The van der Waals surface area contributed by atoms with Gasteiger partial charge >= 0.3 is 0 Å². The zero-order valence-corrected chi connectivity index (χ0v) is 3.20. The van der Waals surface area contributed by atoms with Crippen LogP contribution in [0.4, 0.5) is 0 Å². The van der Waals surface area contributed by atoms with E-state index in [2.05, 4.69) is 4.18 Å². The van der Waals surface area contributed by atoms with Gasteiger partial charge in [-0.3, -0.25) is 0 Å². The summed E-state index contributed by atoms with van der Waals surface area (Å²) in [4.78, 5) is 0. The number of hydrogen-bond acceptors (Lipinski definition) is 4. The second kappa shape index (κ2) is 4.23. The highest BCUT2D eigenvalue weighted by atomic mass is 32.2. The SMILES string of the molecule is [O-]SOCO. The van der Waals surface area contributed by atoms with Crippen LogP contribution in [0.1, 0.15) is 0 Å². The van der Waals surface area contributed by atoms with Crippen LogP contribution in [0.25, 0.3) is 0 Å². The third-order valence-corrected chi connectivity index (χ3v) is 0.302. The van der Waals surface area contributed by atoms with Gasteiger partial charge in [0.25, 0.3) is 0 Å². The van der Waals surface area contributed by atoms with E-state index in [9.17, 15) is 0 Å². The van der Waals surface area contributed by atoms with Gasteiger partial charge in [-0.1, -0.05) is 12.3 Å². The van der Waals surface area contributed by atoms with E-state index >= 15 is 0 Å².